The zero-order valence-electron chi connectivity index (χ0n) is 13.1. The quantitative estimate of drug-likeness (QED) is 0.436. The Balaban J connectivity index is 1.95. The van der Waals surface area contributed by atoms with Crippen molar-refractivity contribution in [3.63, 3.8) is 0 Å². The molecule has 3 heteroatoms. The van der Waals surface area contributed by atoms with Crippen molar-refractivity contribution in [3.8, 4) is 0 Å². The van der Waals surface area contributed by atoms with Crippen molar-refractivity contribution in [2.75, 3.05) is 19.7 Å². The van der Waals surface area contributed by atoms with Crippen LogP contribution in [0.5, 0.6) is 0 Å². The molecule has 0 amide bonds. The second kappa shape index (κ2) is 12.1. The molecule has 1 aliphatic rings. The van der Waals surface area contributed by atoms with Crippen LogP contribution in [0.25, 0.3) is 0 Å². The number of hydrogen-bond donors (Lipinski definition) is 1. The Morgan fingerprint density at radius 1 is 1.15 bits per heavy atom. The zero-order chi connectivity index (χ0) is 14.5. The minimum absolute atomic E-state index is 0.163. The Morgan fingerprint density at radius 2 is 1.85 bits per heavy atom. The fourth-order valence-electron chi connectivity index (χ4n) is 2.60. The number of hydrogen-bond acceptors (Lipinski definition) is 3. The van der Waals surface area contributed by atoms with Gasteiger partial charge in [0.1, 0.15) is 6.17 Å². The van der Waals surface area contributed by atoms with Crippen molar-refractivity contribution in [3.05, 3.63) is 12.2 Å². The number of aliphatic hydroxyl groups is 1. The molecule has 1 N–H and O–H groups in total. The standard InChI is InChI=1S/C17H32N2O/c1-2-3-4-5-6-7-8-9-10-11-12-17-18-13-14-19(17)15-16-20/h11-13,17,20H,2-10,14-16H2,1H3/b12-11+. The van der Waals surface area contributed by atoms with Crippen LogP contribution < -0.4 is 0 Å². The molecule has 1 unspecified atom stereocenters. The van der Waals surface area contributed by atoms with Gasteiger partial charge in [-0.2, -0.15) is 0 Å². The van der Waals surface area contributed by atoms with Gasteiger partial charge in [-0.05, 0) is 18.9 Å². The number of aliphatic hydroxyl groups excluding tert-OH is 1. The number of rotatable bonds is 12. The SMILES string of the molecule is CCCCCCCCCC/C=C/C1N=CCN1CCO. The van der Waals surface area contributed by atoms with Gasteiger partial charge in [-0.3, -0.25) is 9.89 Å². The van der Waals surface area contributed by atoms with E-state index in [-0.39, 0.29) is 12.8 Å². The molecule has 0 aromatic rings. The largest absolute Gasteiger partial charge is 0.395 e. The Bertz CT molecular complexity index is 276. The number of β-amino-alcohol motifs (C(OH)–C–C–N with tert-alkyl or cyclic N) is 1. The van der Waals surface area contributed by atoms with Crippen LogP contribution in [-0.4, -0.2) is 42.1 Å². The van der Waals surface area contributed by atoms with E-state index in [9.17, 15) is 0 Å². The molecule has 1 aliphatic heterocycles. The van der Waals surface area contributed by atoms with Gasteiger partial charge in [0.15, 0.2) is 0 Å². The molecule has 0 saturated heterocycles. The first kappa shape index (κ1) is 17.4. The summed E-state index contributed by atoms with van der Waals surface area (Å²) in [6.45, 7) is 4.06. The third kappa shape index (κ3) is 7.81. The lowest BCUT2D eigenvalue weighted by Gasteiger charge is -2.18. The predicted octanol–water partition coefficient (Wildman–Crippen LogP) is 3.78. The van der Waals surface area contributed by atoms with E-state index in [0.717, 1.165) is 13.0 Å². The van der Waals surface area contributed by atoms with Gasteiger partial charge in [-0.25, -0.2) is 0 Å². The molecule has 0 aliphatic carbocycles. The second-order valence-corrected chi connectivity index (χ2v) is 5.66. The van der Waals surface area contributed by atoms with E-state index < -0.39 is 0 Å². The van der Waals surface area contributed by atoms with E-state index in [1.807, 2.05) is 6.21 Å². The molecule has 116 valence electrons. The lowest BCUT2D eigenvalue weighted by Crippen LogP contribution is -2.31. The zero-order valence-corrected chi connectivity index (χ0v) is 13.1. The molecular formula is C17H32N2O. The Kier molecular flexibility index (Phi) is 10.5. The molecule has 1 atom stereocenters. The highest BCUT2D eigenvalue weighted by molar-refractivity contribution is 5.62. The summed E-state index contributed by atoms with van der Waals surface area (Å²) in [5.41, 5.74) is 0. The molecule has 0 spiro atoms. The first-order valence-corrected chi connectivity index (χ1v) is 8.41. The molecule has 0 aromatic carbocycles. The highest BCUT2D eigenvalue weighted by Gasteiger charge is 2.16. The van der Waals surface area contributed by atoms with E-state index >= 15 is 0 Å². The summed E-state index contributed by atoms with van der Waals surface area (Å²) in [4.78, 5) is 6.60. The molecular weight excluding hydrogens is 248 g/mol. The van der Waals surface area contributed by atoms with Crippen molar-refractivity contribution in [1.82, 2.24) is 4.90 Å². The van der Waals surface area contributed by atoms with Crippen molar-refractivity contribution in [1.29, 1.82) is 0 Å². The van der Waals surface area contributed by atoms with Gasteiger partial charge < -0.3 is 5.11 Å². The maximum Gasteiger partial charge on any atom is 0.121 e. The minimum Gasteiger partial charge on any atom is -0.395 e. The van der Waals surface area contributed by atoms with Gasteiger partial charge in [0.2, 0.25) is 0 Å². The van der Waals surface area contributed by atoms with E-state index in [1.54, 1.807) is 0 Å². The molecule has 0 bridgehead atoms. The minimum atomic E-state index is 0.163. The highest BCUT2D eigenvalue weighted by Crippen LogP contribution is 2.11. The van der Waals surface area contributed by atoms with Crippen molar-refractivity contribution in [2.24, 2.45) is 4.99 Å². The normalized spacial score (nSPS) is 19.4. The van der Waals surface area contributed by atoms with E-state index in [2.05, 4.69) is 29.0 Å². The monoisotopic (exact) mass is 280 g/mol. The summed E-state index contributed by atoms with van der Waals surface area (Å²) in [6, 6.07) is 0. The summed E-state index contributed by atoms with van der Waals surface area (Å²) >= 11 is 0. The van der Waals surface area contributed by atoms with Crippen LogP contribution in [-0.2, 0) is 0 Å². The van der Waals surface area contributed by atoms with Gasteiger partial charge in [-0.1, -0.05) is 57.9 Å². The molecule has 0 radical (unpaired) electrons. The predicted molar refractivity (Wildman–Crippen MR) is 87.3 cm³/mol. The maximum absolute atomic E-state index is 8.97. The summed E-state index contributed by atoms with van der Waals surface area (Å²) in [6.07, 6.45) is 18.7. The van der Waals surface area contributed by atoms with Crippen LogP contribution in [0, 0.1) is 0 Å². The highest BCUT2D eigenvalue weighted by atomic mass is 16.3. The van der Waals surface area contributed by atoms with Crippen LogP contribution in [0.1, 0.15) is 64.7 Å². The average Bonchev–Trinajstić information content (AvgIpc) is 2.89. The third-order valence-electron chi connectivity index (χ3n) is 3.87. The van der Waals surface area contributed by atoms with E-state index in [0.29, 0.717) is 6.54 Å². The lowest BCUT2D eigenvalue weighted by molar-refractivity contribution is 0.201. The van der Waals surface area contributed by atoms with Crippen LogP contribution >= 0.6 is 0 Å². The van der Waals surface area contributed by atoms with Crippen molar-refractivity contribution < 1.29 is 5.11 Å². The fourth-order valence-corrected chi connectivity index (χ4v) is 2.60. The fraction of sp³-hybridized carbons (Fsp3) is 0.824. The van der Waals surface area contributed by atoms with Crippen LogP contribution in [0.4, 0.5) is 0 Å². The Morgan fingerprint density at radius 3 is 2.55 bits per heavy atom. The smallest absolute Gasteiger partial charge is 0.121 e. The maximum atomic E-state index is 8.97. The first-order valence-electron chi connectivity index (χ1n) is 8.41. The number of aliphatic imine (C=N–C) groups is 1. The van der Waals surface area contributed by atoms with Gasteiger partial charge in [-0.15, -0.1) is 0 Å². The van der Waals surface area contributed by atoms with Crippen molar-refractivity contribution in [2.45, 2.75) is 70.9 Å². The van der Waals surface area contributed by atoms with Gasteiger partial charge in [0, 0.05) is 19.3 Å². The molecule has 0 saturated carbocycles. The Hall–Kier alpha value is -0.670. The van der Waals surface area contributed by atoms with Crippen LogP contribution in [0.15, 0.2) is 17.1 Å². The van der Waals surface area contributed by atoms with Gasteiger partial charge >= 0.3 is 0 Å². The first-order chi connectivity index (χ1) is 9.88. The lowest BCUT2D eigenvalue weighted by atomic mass is 10.1. The number of nitrogens with zero attached hydrogens (tertiary/aromatic N) is 2. The summed E-state index contributed by atoms with van der Waals surface area (Å²) in [5, 5.41) is 8.97. The van der Waals surface area contributed by atoms with Crippen molar-refractivity contribution >= 4 is 6.21 Å². The van der Waals surface area contributed by atoms with Crippen LogP contribution in [0.2, 0.25) is 0 Å². The van der Waals surface area contributed by atoms with Gasteiger partial charge in [0.05, 0.1) is 6.61 Å². The number of unbranched alkanes of at least 4 members (excludes halogenated alkanes) is 8. The topological polar surface area (TPSA) is 35.8 Å². The molecule has 0 aromatic heterocycles. The molecule has 0 fully saturated rings. The van der Waals surface area contributed by atoms with E-state index in [4.69, 9.17) is 5.11 Å². The molecule has 1 rings (SSSR count). The Labute approximate surface area is 124 Å². The van der Waals surface area contributed by atoms with Gasteiger partial charge in [0.25, 0.3) is 0 Å². The molecule has 3 nitrogen and oxygen atoms in total. The average molecular weight is 280 g/mol. The van der Waals surface area contributed by atoms with Crippen LogP contribution in [0.3, 0.4) is 0 Å². The third-order valence-corrected chi connectivity index (χ3v) is 3.87. The molecule has 1 heterocycles. The summed E-state index contributed by atoms with van der Waals surface area (Å²) in [7, 11) is 0. The number of allylic oxidation sites excluding steroid dienone is 1. The summed E-state index contributed by atoms with van der Waals surface area (Å²) < 4.78 is 0. The second-order valence-electron chi connectivity index (χ2n) is 5.66. The summed E-state index contributed by atoms with van der Waals surface area (Å²) in [5.74, 6) is 0. The molecule has 20 heavy (non-hydrogen) atoms. The van der Waals surface area contributed by atoms with E-state index in [1.165, 1.54) is 51.4 Å².